The van der Waals surface area contributed by atoms with Gasteiger partial charge in [0.25, 0.3) is 11.6 Å². The molecular weight excluding hydrogens is 390 g/mol. The lowest BCUT2D eigenvalue weighted by atomic mass is 9.89. The largest absolute Gasteiger partial charge is 0.378 e. The third kappa shape index (κ3) is 4.14. The number of hydrogen-bond acceptors (Lipinski definition) is 4. The van der Waals surface area contributed by atoms with Gasteiger partial charge < -0.3 is 10.2 Å². The molecule has 6 heteroatoms. The molecule has 0 aromatic heterocycles. The van der Waals surface area contributed by atoms with E-state index < -0.39 is 4.92 Å². The van der Waals surface area contributed by atoms with Crippen LogP contribution in [0.15, 0.2) is 66.7 Å². The lowest BCUT2D eigenvalue weighted by Crippen LogP contribution is -2.44. The van der Waals surface area contributed by atoms with Crippen molar-refractivity contribution in [2.24, 2.45) is 0 Å². The quantitative estimate of drug-likeness (QED) is 0.431. The maximum absolute atomic E-state index is 13.4. The van der Waals surface area contributed by atoms with Gasteiger partial charge in [0.05, 0.1) is 11.0 Å². The number of carbonyl (C=O) groups excluding carboxylic acids is 1. The van der Waals surface area contributed by atoms with E-state index in [2.05, 4.69) is 42.6 Å². The molecule has 0 radical (unpaired) electrons. The van der Waals surface area contributed by atoms with Gasteiger partial charge in [0, 0.05) is 35.1 Å². The number of benzene rings is 3. The van der Waals surface area contributed by atoms with Crippen LogP contribution in [0, 0.1) is 24.0 Å². The van der Waals surface area contributed by atoms with Gasteiger partial charge in [-0.15, -0.1) is 0 Å². The Balaban J connectivity index is 1.68. The molecule has 4 rings (SSSR count). The minimum atomic E-state index is -0.461. The topological polar surface area (TPSA) is 75.5 Å². The van der Waals surface area contributed by atoms with E-state index >= 15 is 0 Å². The van der Waals surface area contributed by atoms with Crippen molar-refractivity contribution in [3.05, 3.63) is 99.1 Å². The summed E-state index contributed by atoms with van der Waals surface area (Å²) in [6, 6.07) is 20.3. The van der Waals surface area contributed by atoms with Crippen LogP contribution in [0.5, 0.6) is 0 Å². The first-order valence-corrected chi connectivity index (χ1v) is 10.4. The summed E-state index contributed by atoms with van der Waals surface area (Å²) in [5.41, 5.74) is 5.75. The maximum atomic E-state index is 13.4. The van der Waals surface area contributed by atoms with Gasteiger partial charge in [-0.05, 0) is 63.1 Å². The van der Waals surface area contributed by atoms with Crippen LogP contribution in [0.3, 0.4) is 0 Å². The minimum absolute atomic E-state index is 0.0263. The molecule has 0 fully saturated rings. The molecule has 3 aromatic carbocycles. The molecule has 0 aliphatic carbocycles. The van der Waals surface area contributed by atoms with Crippen molar-refractivity contribution >= 4 is 23.0 Å². The molecule has 31 heavy (non-hydrogen) atoms. The number of nitro benzene ring substituents is 1. The highest BCUT2D eigenvalue weighted by Gasteiger charge is 2.34. The fourth-order valence-electron chi connectivity index (χ4n) is 4.15. The molecule has 1 amide bonds. The molecule has 158 valence electrons. The zero-order valence-corrected chi connectivity index (χ0v) is 17.8. The summed E-state index contributed by atoms with van der Waals surface area (Å²) < 4.78 is 0. The van der Waals surface area contributed by atoms with Crippen molar-refractivity contribution in [1.82, 2.24) is 0 Å². The monoisotopic (exact) mass is 415 g/mol. The molecular formula is C25H25N3O3. The van der Waals surface area contributed by atoms with E-state index in [1.807, 2.05) is 30.9 Å². The summed E-state index contributed by atoms with van der Waals surface area (Å²) in [4.78, 5) is 25.7. The Morgan fingerprint density at radius 3 is 2.29 bits per heavy atom. The van der Waals surface area contributed by atoms with Crippen molar-refractivity contribution in [2.75, 3.05) is 10.2 Å². The van der Waals surface area contributed by atoms with Crippen LogP contribution in [0.1, 0.15) is 46.4 Å². The zero-order valence-electron chi connectivity index (χ0n) is 17.8. The van der Waals surface area contributed by atoms with E-state index in [0.29, 0.717) is 5.56 Å². The molecule has 1 heterocycles. The Morgan fingerprint density at radius 2 is 1.65 bits per heavy atom. The molecule has 0 saturated heterocycles. The van der Waals surface area contributed by atoms with Crippen molar-refractivity contribution in [3.63, 3.8) is 0 Å². The summed E-state index contributed by atoms with van der Waals surface area (Å²) in [6.07, 6.45) is 0.753. The van der Waals surface area contributed by atoms with Gasteiger partial charge in [-0.25, -0.2) is 0 Å². The normalized spacial score (nSPS) is 17.7. The number of amides is 1. The number of nitro groups is 1. The van der Waals surface area contributed by atoms with E-state index in [1.54, 1.807) is 0 Å². The molecule has 6 nitrogen and oxygen atoms in total. The van der Waals surface area contributed by atoms with Crippen LogP contribution in [-0.4, -0.2) is 16.9 Å². The number of fused-ring (bicyclic) bond motifs is 1. The van der Waals surface area contributed by atoms with E-state index in [0.717, 1.165) is 28.9 Å². The first kappa shape index (κ1) is 20.6. The predicted molar refractivity (Wildman–Crippen MR) is 123 cm³/mol. The summed E-state index contributed by atoms with van der Waals surface area (Å²) >= 11 is 0. The zero-order chi connectivity index (χ0) is 22.1. The SMILES string of the molecule is Cc1ccc(N[C@H]2C[C@@H](C)N(C(=O)c3ccc([N+](=O)[O-])cc3)c3ccc(C)cc32)cc1. The van der Waals surface area contributed by atoms with E-state index in [-0.39, 0.29) is 23.7 Å². The highest BCUT2D eigenvalue weighted by molar-refractivity contribution is 6.07. The third-order valence-corrected chi connectivity index (χ3v) is 5.77. The van der Waals surface area contributed by atoms with Gasteiger partial charge >= 0.3 is 0 Å². The fraction of sp³-hybridized carbons (Fsp3) is 0.240. The van der Waals surface area contributed by atoms with Gasteiger partial charge in [-0.2, -0.15) is 0 Å². The van der Waals surface area contributed by atoms with Crippen molar-refractivity contribution < 1.29 is 9.72 Å². The number of nitrogens with zero attached hydrogens (tertiary/aromatic N) is 2. The third-order valence-electron chi connectivity index (χ3n) is 5.77. The average molecular weight is 415 g/mol. The Hall–Kier alpha value is -3.67. The summed E-state index contributed by atoms with van der Waals surface area (Å²) in [6.45, 7) is 6.15. The van der Waals surface area contributed by atoms with Gasteiger partial charge in [0.15, 0.2) is 0 Å². The number of rotatable bonds is 4. The fourth-order valence-corrected chi connectivity index (χ4v) is 4.15. The summed E-state index contributed by atoms with van der Waals surface area (Å²) in [7, 11) is 0. The van der Waals surface area contributed by atoms with E-state index in [4.69, 9.17) is 0 Å². The molecule has 1 aliphatic rings. The maximum Gasteiger partial charge on any atom is 0.269 e. The lowest BCUT2D eigenvalue weighted by Gasteiger charge is -2.40. The van der Waals surface area contributed by atoms with Crippen LogP contribution in [0.2, 0.25) is 0 Å². The average Bonchev–Trinajstić information content (AvgIpc) is 2.75. The lowest BCUT2D eigenvalue weighted by molar-refractivity contribution is -0.384. The van der Waals surface area contributed by atoms with Gasteiger partial charge in [0.1, 0.15) is 0 Å². The van der Waals surface area contributed by atoms with Crippen molar-refractivity contribution in [3.8, 4) is 0 Å². The number of nitrogens with one attached hydrogen (secondary N) is 1. The predicted octanol–water partition coefficient (Wildman–Crippen LogP) is 5.80. The Morgan fingerprint density at radius 1 is 1.00 bits per heavy atom. The molecule has 0 spiro atoms. The number of aryl methyl sites for hydroxylation is 2. The first-order chi connectivity index (χ1) is 14.8. The molecule has 3 aromatic rings. The van der Waals surface area contributed by atoms with Crippen molar-refractivity contribution in [2.45, 2.75) is 39.3 Å². The van der Waals surface area contributed by atoms with E-state index in [9.17, 15) is 14.9 Å². The number of non-ortho nitro benzene ring substituents is 1. The molecule has 0 unspecified atom stereocenters. The second-order valence-corrected chi connectivity index (χ2v) is 8.19. The van der Waals surface area contributed by atoms with Crippen LogP contribution in [0.25, 0.3) is 0 Å². The van der Waals surface area contributed by atoms with E-state index in [1.165, 1.54) is 29.8 Å². The molecule has 2 atom stereocenters. The Kier molecular flexibility index (Phi) is 5.46. The number of carbonyl (C=O) groups is 1. The Labute approximate surface area is 181 Å². The highest BCUT2D eigenvalue weighted by atomic mass is 16.6. The van der Waals surface area contributed by atoms with Gasteiger partial charge in [0.2, 0.25) is 0 Å². The van der Waals surface area contributed by atoms with Crippen LogP contribution in [-0.2, 0) is 0 Å². The summed E-state index contributed by atoms with van der Waals surface area (Å²) in [5.74, 6) is -0.152. The minimum Gasteiger partial charge on any atom is -0.378 e. The second kappa shape index (κ2) is 8.22. The van der Waals surface area contributed by atoms with Gasteiger partial charge in [-0.3, -0.25) is 14.9 Å². The molecule has 1 aliphatic heterocycles. The van der Waals surface area contributed by atoms with Crippen LogP contribution in [0.4, 0.5) is 17.1 Å². The standard InChI is InChI=1S/C25H25N3O3/c1-16-4-9-20(10-5-16)26-23-15-18(3)27(24-13-6-17(2)14-22(23)24)25(29)19-7-11-21(12-8-19)28(30)31/h4-14,18,23,26H,15H2,1-3H3/t18-,23+/m1/s1. The number of hydrogen-bond donors (Lipinski definition) is 1. The van der Waals surface area contributed by atoms with Gasteiger partial charge in [-0.1, -0.05) is 35.4 Å². The highest BCUT2D eigenvalue weighted by Crippen LogP contribution is 2.40. The Bertz CT molecular complexity index is 1120. The van der Waals surface area contributed by atoms with Crippen LogP contribution >= 0.6 is 0 Å². The van der Waals surface area contributed by atoms with Crippen LogP contribution < -0.4 is 10.2 Å². The number of anilines is 2. The van der Waals surface area contributed by atoms with Crippen molar-refractivity contribution in [1.29, 1.82) is 0 Å². The molecule has 0 saturated carbocycles. The molecule has 0 bridgehead atoms. The first-order valence-electron chi connectivity index (χ1n) is 10.4. The second-order valence-electron chi connectivity index (χ2n) is 8.19. The smallest absolute Gasteiger partial charge is 0.269 e. The molecule has 1 N–H and O–H groups in total. The summed E-state index contributed by atoms with van der Waals surface area (Å²) in [5, 5.41) is 14.6.